The fourth-order valence-corrected chi connectivity index (χ4v) is 13.3. The molecule has 0 heterocycles. The van der Waals surface area contributed by atoms with Crippen LogP contribution in [0.1, 0.15) is 142 Å². The lowest BCUT2D eigenvalue weighted by molar-refractivity contribution is -0.135. The summed E-state index contributed by atoms with van der Waals surface area (Å²) in [6.07, 6.45) is 3.28. The molecule has 12 rings (SSSR count). The first-order chi connectivity index (χ1) is 59.9. The van der Waals surface area contributed by atoms with Gasteiger partial charge in [-0.3, -0.25) is 57.5 Å². The molecule has 5 unspecified atom stereocenters. The monoisotopic (exact) mass is 1750 g/mol. The van der Waals surface area contributed by atoms with Crippen molar-refractivity contribution in [2.75, 3.05) is 10.6 Å². The van der Waals surface area contributed by atoms with Crippen molar-refractivity contribution in [3.05, 3.63) is 424 Å². The van der Waals surface area contributed by atoms with Crippen LogP contribution in [0.2, 0.25) is 0 Å². The molecule has 19 heteroatoms. The lowest BCUT2D eigenvalue weighted by Crippen LogP contribution is -2.40. The lowest BCUT2D eigenvalue weighted by Gasteiger charge is -2.26. The largest absolute Gasteiger partial charge is 0.325 e. The van der Waals surface area contributed by atoms with Crippen LogP contribution in [0.25, 0.3) is 6.08 Å². The zero-order chi connectivity index (χ0) is 90.9. The second kappa shape index (κ2) is 51.2. The number of hydrogen-bond donors (Lipinski definition) is 2. The third-order valence-corrected chi connectivity index (χ3v) is 20.3. The Morgan fingerprint density at radius 2 is 0.616 bits per heavy atom. The smallest absolute Gasteiger partial charge is 0.236 e. The van der Waals surface area contributed by atoms with Crippen LogP contribution in [0.4, 0.5) is 28.9 Å². The molecule has 0 aliphatic heterocycles. The van der Waals surface area contributed by atoms with Crippen LogP contribution >= 0.6 is 15.9 Å². The molecule has 640 valence electrons. The number of anilines is 2. The first kappa shape index (κ1) is 98.3. The molecule has 5 atom stereocenters. The maximum Gasteiger partial charge on any atom is 0.236 e. The number of carbonyl (C=O) groups is 12. The predicted molar refractivity (Wildman–Crippen MR) is 486 cm³/mol. The maximum absolute atomic E-state index is 13.5. The summed E-state index contributed by atoms with van der Waals surface area (Å²) in [7, 11) is 0. The number of allylic oxidation sites excluding steroid dienone is 1. The van der Waals surface area contributed by atoms with Gasteiger partial charge in [0.2, 0.25) is 11.8 Å². The van der Waals surface area contributed by atoms with Gasteiger partial charge in [0, 0.05) is 76.6 Å². The Morgan fingerprint density at radius 1 is 0.320 bits per heavy atom. The second-order valence-corrected chi connectivity index (χ2v) is 31.1. The molecule has 0 radical (unpaired) electrons. The lowest BCUT2D eigenvalue weighted by atomic mass is 9.75. The number of rotatable bonds is 31. The highest BCUT2D eigenvalue weighted by atomic mass is 79.9. The summed E-state index contributed by atoms with van der Waals surface area (Å²) in [5.74, 6) is -10.3. The summed E-state index contributed by atoms with van der Waals surface area (Å²) in [5.41, 5.74) is 7.69. The average Bonchev–Trinajstić information content (AvgIpc) is 0.792. The Labute approximate surface area is 735 Å². The van der Waals surface area contributed by atoms with Crippen molar-refractivity contribution in [2.45, 2.75) is 91.3 Å². The number of hydrogen-bond acceptors (Lipinski definition) is 12. The average molecular weight is 1750 g/mol. The van der Waals surface area contributed by atoms with E-state index in [2.05, 4.69) is 26.6 Å². The number of ketones is 9. The van der Waals surface area contributed by atoms with Crippen molar-refractivity contribution in [2.24, 2.45) is 35.5 Å². The fraction of sp³-hybridized carbons (Fsp3) is 0.189. The molecule has 14 nitrogen and oxygen atoms in total. The highest BCUT2D eigenvalue weighted by Gasteiger charge is 2.43. The number of aldehydes is 1. The van der Waals surface area contributed by atoms with E-state index in [9.17, 15) is 75.1 Å². The molecule has 0 bridgehead atoms. The van der Waals surface area contributed by atoms with E-state index in [1.807, 2.05) is 147 Å². The molecule has 12 aromatic rings. The zero-order valence-electron chi connectivity index (χ0n) is 70.6. The highest BCUT2D eigenvalue weighted by molar-refractivity contribution is 9.10. The van der Waals surface area contributed by atoms with Crippen LogP contribution in [0, 0.1) is 58.8 Å². The van der Waals surface area contributed by atoms with Crippen molar-refractivity contribution in [1.29, 1.82) is 0 Å². The van der Waals surface area contributed by atoms with Crippen LogP contribution in [-0.2, 0) is 57.6 Å². The predicted octanol–water partition coefficient (Wildman–Crippen LogP) is 22.3. The van der Waals surface area contributed by atoms with E-state index in [1.54, 1.807) is 157 Å². The van der Waals surface area contributed by atoms with Crippen LogP contribution in [0.5, 0.6) is 0 Å². The maximum atomic E-state index is 13.5. The highest BCUT2D eigenvalue weighted by Crippen LogP contribution is 2.35. The minimum absolute atomic E-state index is 0.00574. The number of alkyl halides is 1. The van der Waals surface area contributed by atoms with Crippen LogP contribution in [0.3, 0.4) is 0 Å². The molecule has 0 aliphatic rings. The molecule has 0 aliphatic carbocycles. The van der Waals surface area contributed by atoms with E-state index >= 15 is 0 Å². The van der Waals surface area contributed by atoms with Gasteiger partial charge in [-0.05, 0) is 161 Å². The van der Waals surface area contributed by atoms with Crippen molar-refractivity contribution in [1.82, 2.24) is 0 Å². The van der Waals surface area contributed by atoms with Gasteiger partial charge in [0.15, 0.2) is 40.5 Å². The van der Waals surface area contributed by atoms with Crippen LogP contribution < -0.4 is 10.6 Å². The number of benzene rings is 12. The Hall–Kier alpha value is -13.8. The standard InChI is InChI=1S/2C26H24FNO3.C20H20O2.C14H11FO.C13H15BrO2.C7H5FO/c2*1-17(2)24(29)23(26(31)28-21-11-7-4-8-12-21)22(18-9-5-3-6-10-18)25(30)19-13-15-20(27)16-14-19;1-15(2)20(22)18(13-16-9-5-3-6-10-16)19(21)14-17-11-7-4-8-12-17;15-13-8-6-12(7-9-13)14(16)10-11-4-2-1-3-5-11;1-9(2)13(16)12(14)11(15)8-10-6-4-3-5-7-10;8-7-3-1-6(5-9)2-4-7/h2*3-17,22-23H,1-2H3,(H,28,31);3-13,15H,14H2,1-2H3;1-9H,10H2;3-7,9,12H,8H2,1-2H3;1-5H/b;;18-13+;;;. The summed E-state index contributed by atoms with van der Waals surface area (Å²) in [4.78, 5) is 150. The Balaban J connectivity index is 0.000000214. The third-order valence-electron chi connectivity index (χ3n) is 19.3. The number of para-hydroxylation sites is 2. The van der Waals surface area contributed by atoms with Crippen molar-refractivity contribution in [3.63, 3.8) is 0 Å². The normalized spacial score (nSPS) is 11.9. The topological polar surface area (TPSA) is 229 Å². The number of Topliss-reactive ketones (excluding diaryl/α,β-unsaturated/α-hetero) is 9. The van der Waals surface area contributed by atoms with Gasteiger partial charge in [-0.1, -0.05) is 290 Å². The van der Waals surface area contributed by atoms with E-state index in [0.717, 1.165) is 22.3 Å². The summed E-state index contributed by atoms with van der Waals surface area (Å²) in [5, 5.41) is 5.54. The molecule has 0 saturated carbocycles. The molecule has 0 fully saturated rings. The van der Waals surface area contributed by atoms with Gasteiger partial charge < -0.3 is 10.6 Å². The minimum atomic E-state index is -1.24. The Morgan fingerprint density at radius 3 is 0.944 bits per heavy atom. The summed E-state index contributed by atoms with van der Waals surface area (Å²) in [6.45, 7) is 14.0. The minimum Gasteiger partial charge on any atom is -0.325 e. The first-order valence-electron chi connectivity index (χ1n) is 40.6. The molecular weight excluding hydrogens is 1650 g/mol. The van der Waals surface area contributed by atoms with Gasteiger partial charge in [0.1, 0.15) is 57.8 Å². The molecular formula is C106H99BrF4N2O12. The fourth-order valence-electron chi connectivity index (χ4n) is 12.6. The quantitative estimate of drug-likeness (QED) is 0.00786. The van der Waals surface area contributed by atoms with Crippen LogP contribution in [-0.4, -0.2) is 75.0 Å². The van der Waals surface area contributed by atoms with E-state index < -0.39 is 75.3 Å². The second-order valence-electron chi connectivity index (χ2n) is 30.2. The molecule has 0 aromatic heterocycles. The molecule has 125 heavy (non-hydrogen) atoms. The van der Waals surface area contributed by atoms with Gasteiger partial charge in [0.25, 0.3) is 0 Å². The van der Waals surface area contributed by atoms with Gasteiger partial charge >= 0.3 is 0 Å². The van der Waals surface area contributed by atoms with E-state index in [1.165, 1.54) is 97.1 Å². The van der Waals surface area contributed by atoms with Crippen LogP contribution in [0.15, 0.2) is 345 Å². The SMILES string of the molecule is CC(C)C(=O)/C(=C/c1ccccc1)C(=O)Cc1ccccc1.CC(C)C(=O)C(Br)C(=O)Cc1ccccc1.CC(C)C(=O)C(C(=O)Nc1ccccc1)C(C(=O)c1ccc(F)cc1)c1ccccc1.CC(C)C(=O)C(C(=O)Nc1ccccc1)C(C(=O)c1ccc(F)cc1)c1ccccc1.O=C(Cc1ccccc1)c1ccc(F)cc1.O=Cc1ccc(F)cc1. The van der Waals surface area contributed by atoms with Gasteiger partial charge in [-0.2, -0.15) is 0 Å². The van der Waals surface area contributed by atoms with Crippen molar-refractivity contribution < 1.29 is 75.1 Å². The third kappa shape index (κ3) is 32.2. The Kier molecular flexibility index (Phi) is 40.3. The summed E-state index contributed by atoms with van der Waals surface area (Å²) < 4.78 is 51.6. The van der Waals surface area contributed by atoms with Gasteiger partial charge in [-0.25, -0.2) is 17.6 Å². The molecule has 0 spiro atoms. The van der Waals surface area contributed by atoms with Gasteiger partial charge in [0.05, 0.1) is 17.4 Å². The molecule has 0 saturated heterocycles. The summed E-state index contributed by atoms with van der Waals surface area (Å²) in [6, 6.07) is 94.3. The Bertz CT molecular complexity index is 5340. The van der Waals surface area contributed by atoms with E-state index in [4.69, 9.17) is 0 Å². The number of amides is 2. The molecule has 12 aromatic carbocycles. The summed E-state index contributed by atoms with van der Waals surface area (Å²) >= 11 is 3.17. The number of carbonyl (C=O) groups excluding carboxylic acids is 12. The van der Waals surface area contributed by atoms with Gasteiger partial charge in [-0.15, -0.1) is 0 Å². The van der Waals surface area contributed by atoms with Crippen molar-refractivity contribution >= 4 is 104 Å². The first-order valence-corrected chi connectivity index (χ1v) is 41.5. The van der Waals surface area contributed by atoms with E-state index in [0.29, 0.717) is 52.8 Å². The van der Waals surface area contributed by atoms with Crippen molar-refractivity contribution in [3.8, 4) is 0 Å². The number of halogens is 5. The number of nitrogens with one attached hydrogen (secondary N) is 2. The molecule has 2 amide bonds. The molecule has 2 N–H and O–H groups in total. The zero-order valence-corrected chi connectivity index (χ0v) is 72.2. The van der Waals surface area contributed by atoms with E-state index in [-0.39, 0.29) is 87.1 Å².